The van der Waals surface area contributed by atoms with E-state index in [1.165, 1.54) is 26.0 Å². The Labute approximate surface area is 157 Å². The summed E-state index contributed by atoms with van der Waals surface area (Å²) >= 11 is 0. The number of rotatable bonds is 9. The zero-order chi connectivity index (χ0) is 20.1. The minimum atomic E-state index is -4.18. The van der Waals surface area contributed by atoms with Gasteiger partial charge in [0, 0.05) is 6.07 Å². The molecule has 0 radical (unpaired) electrons. The highest BCUT2D eigenvalue weighted by molar-refractivity contribution is 7.89. The van der Waals surface area contributed by atoms with E-state index in [0.717, 1.165) is 12.1 Å². The second-order valence-corrected chi connectivity index (χ2v) is 7.77. The SMILES string of the molecule is CC(NC(C)(O)COc1ccccc1)NS(=O)(=O)c1ccccc1[N+](=O)[O-]. The summed E-state index contributed by atoms with van der Waals surface area (Å²) in [5.74, 6) is 0.549. The molecular weight excluding hydrogens is 374 g/mol. The highest BCUT2D eigenvalue weighted by atomic mass is 32.2. The number of nitro groups is 1. The monoisotopic (exact) mass is 395 g/mol. The molecule has 0 bridgehead atoms. The number of hydrogen-bond donors (Lipinski definition) is 3. The molecule has 2 aromatic carbocycles. The second-order valence-electron chi connectivity index (χ2n) is 6.09. The number of nitrogens with one attached hydrogen (secondary N) is 2. The van der Waals surface area contributed by atoms with Crippen molar-refractivity contribution in [1.82, 2.24) is 10.0 Å². The molecule has 9 nitrogen and oxygen atoms in total. The lowest BCUT2D eigenvalue weighted by Gasteiger charge is -2.29. The van der Waals surface area contributed by atoms with Crippen molar-refractivity contribution in [1.29, 1.82) is 0 Å². The Bertz CT molecular complexity index is 887. The number of para-hydroxylation sites is 2. The van der Waals surface area contributed by atoms with Crippen molar-refractivity contribution in [3.63, 3.8) is 0 Å². The molecule has 0 amide bonds. The minimum absolute atomic E-state index is 0.144. The first-order chi connectivity index (χ1) is 12.6. The molecule has 0 aromatic heterocycles. The van der Waals surface area contributed by atoms with Crippen molar-refractivity contribution in [3.8, 4) is 5.75 Å². The van der Waals surface area contributed by atoms with Gasteiger partial charge in [0.05, 0.1) is 11.1 Å². The van der Waals surface area contributed by atoms with Gasteiger partial charge in [-0.2, -0.15) is 4.72 Å². The predicted molar refractivity (Wildman–Crippen MR) is 98.6 cm³/mol. The van der Waals surface area contributed by atoms with E-state index in [1.54, 1.807) is 24.3 Å². The molecule has 10 heteroatoms. The third-order valence-corrected chi connectivity index (χ3v) is 5.06. The molecule has 146 valence electrons. The van der Waals surface area contributed by atoms with Gasteiger partial charge in [0.2, 0.25) is 10.0 Å². The van der Waals surface area contributed by atoms with E-state index in [2.05, 4.69) is 10.0 Å². The summed E-state index contributed by atoms with van der Waals surface area (Å²) in [6, 6.07) is 13.8. The van der Waals surface area contributed by atoms with Gasteiger partial charge in [0.1, 0.15) is 18.1 Å². The molecule has 2 atom stereocenters. The van der Waals surface area contributed by atoms with Crippen LogP contribution in [0.15, 0.2) is 59.5 Å². The molecular formula is C17H21N3O6S. The molecule has 2 unspecified atom stereocenters. The first-order valence-electron chi connectivity index (χ1n) is 8.04. The van der Waals surface area contributed by atoms with Crippen LogP contribution in [0.5, 0.6) is 5.75 Å². The van der Waals surface area contributed by atoms with E-state index < -0.39 is 37.4 Å². The van der Waals surface area contributed by atoms with Crippen LogP contribution in [0.3, 0.4) is 0 Å². The molecule has 0 saturated heterocycles. The standard InChI is InChI=1S/C17H21N3O6S/c1-13(18-17(2,21)12-26-14-8-4-3-5-9-14)19-27(24,25)16-11-7-6-10-15(16)20(22)23/h3-11,13,18-19,21H,12H2,1-2H3. The molecule has 0 fully saturated rings. The van der Waals surface area contributed by atoms with Crippen molar-refractivity contribution < 1.29 is 23.2 Å². The van der Waals surface area contributed by atoms with Gasteiger partial charge in [-0.25, -0.2) is 8.42 Å². The molecule has 27 heavy (non-hydrogen) atoms. The van der Waals surface area contributed by atoms with Gasteiger partial charge in [-0.15, -0.1) is 0 Å². The van der Waals surface area contributed by atoms with Gasteiger partial charge in [-0.05, 0) is 32.0 Å². The topological polar surface area (TPSA) is 131 Å². The first-order valence-corrected chi connectivity index (χ1v) is 9.53. The summed E-state index contributed by atoms with van der Waals surface area (Å²) in [5, 5.41) is 24.1. The number of benzene rings is 2. The van der Waals surface area contributed by atoms with E-state index in [9.17, 15) is 23.6 Å². The number of hydrogen-bond acceptors (Lipinski definition) is 7. The minimum Gasteiger partial charge on any atom is -0.489 e. The highest BCUT2D eigenvalue weighted by Crippen LogP contribution is 2.22. The molecule has 0 aliphatic carbocycles. The number of sulfonamides is 1. The summed E-state index contributed by atoms with van der Waals surface area (Å²) in [7, 11) is -4.18. The van der Waals surface area contributed by atoms with Crippen LogP contribution in [0, 0.1) is 10.1 Å². The van der Waals surface area contributed by atoms with E-state index in [1.807, 2.05) is 6.07 Å². The van der Waals surface area contributed by atoms with Crippen LogP contribution in [0.1, 0.15) is 13.8 Å². The zero-order valence-electron chi connectivity index (χ0n) is 14.8. The molecule has 2 aromatic rings. The summed E-state index contributed by atoms with van der Waals surface area (Å²) in [6.07, 6.45) is -0.927. The van der Waals surface area contributed by atoms with E-state index in [0.29, 0.717) is 5.75 Å². The van der Waals surface area contributed by atoms with Gasteiger partial charge in [-0.3, -0.25) is 15.4 Å². The molecule has 0 aliphatic heterocycles. The molecule has 0 spiro atoms. The van der Waals surface area contributed by atoms with Crippen LogP contribution < -0.4 is 14.8 Å². The maximum absolute atomic E-state index is 12.5. The van der Waals surface area contributed by atoms with Crippen molar-refractivity contribution in [2.45, 2.75) is 30.6 Å². The van der Waals surface area contributed by atoms with Crippen LogP contribution in [-0.4, -0.2) is 36.9 Å². The zero-order valence-corrected chi connectivity index (χ0v) is 15.6. The third kappa shape index (κ3) is 6.00. The van der Waals surface area contributed by atoms with Crippen molar-refractivity contribution in [3.05, 3.63) is 64.7 Å². The maximum atomic E-state index is 12.5. The third-order valence-electron chi connectivity index (χ3n) is 3.47. The summed E-state index contributed by atoms with van der Waals surface area (Å²) < 4.78 is 32.7. The van der Waals surface area contributed by atoms with Crippen LogP contribution in [0.2, 0.25) is 0 Å². The fourth-order valence-corrected chi connectivity index (χ4v) is 3.74. The summed E-state index contributed by atoms with van der Waals surface area (Å²) in [6.45, 7) is 2.74. The normalized spacial score (nSPS) is 14.9. The lowest BCUT2D eigenvalue weighted by atomic mass is 10.2. The molecule has 0 heterocycles. The van der Waals surface area contributed by atoms with Gasteiger partial charge in [-0.1, -0.05) is 30.3 Å². The summed E-state index contributed by atoms with van der Waals surface area (Å²) in [4.78, 5) is 9.82. The Kier molecular flexibility index (Phi) is 6.50. The summed E-state index contributed by atoms with van der Waals surface area (Å²) in [5.41, 5.74) is -2.09. The maximum Gasteiger partial charge on any atom is 0.289 e. The van der Waals surface area contributed by atoms with Crippen molar-refractivity contribution in [2.24, 2.45) is 0 Å². The average Bonchev–Trinajstić information content (AvgIpc) is 2.60. The Morgan fingerprint density at radius 3 is 2.41 bits per heavy atom. The van der Waals surface area contributed by atoms with Gasteiger partial charge >= 0.3 is 0 Å². The van der Waals surface area contributed by atoms with Gasteiger partial charge in [0.25, 0.3) is 5.69 Å². The van der Waals surface area contributed by atoms with Crippen LogP contribution in [0.25, 0.3) is 0 Å². The quantitative estimate of drug-likeness (QED) is 0.334. The van der Waals surface area contributed by atoms with Crippen LogP contribution in [-0.2, 0) is 10.0 Å². The molecule has 3 N–H and O–H groups in total. The Morgan fingerprint density at radius 2 is 1.78 bits per heavy atom. The van der Waals surface area contributed by atoms with E-state index in [-0.39, 0.29) is 6.61 Å². The smallest absolute Gasteiger partial charge is 0.289 e. The van der Waals surface area contributed by atoms with Gasteiger partial charge < -0.3 is 9.84 Å². The number of ether oxygens (including phenoxy) is 1. The molecule has 2 rings (SSSR count). The predicted octanol–water partition coefficient (Wildman–Crippen LogP) is 1.60. The van der Waals surface area contributed by atoms with Crippen molar-refractivity contribution in [2.75, 3.05) is 6.61 Å². The Hall–Kier alpha value is -2.53. The van der Waals surface area contributed by atoms with Crippen molar-refractivity contribution >= 4 is 15.7 Å². The van der Waals surface area contributed by atoms with E-state index in [4.69, 9.17) is 4.74 Å². The molecule has 0 saturated carbocycles. The second kappa shape index (κ2) is 8.44. The van der Waals surface area contributed by atoms with Crippen LogP contribution in [0.4, 0.5) is 5.69 Å². The Balaban J connectivity index is 2.03. The lowest BCUT2D eigenvalue weighted by Crippen LogP contribution is -2.56. The average molecular weight is 395 g/mol. The number of aliphatic hydroxyl groups is 1. The highest BCUT2D eigenvalue weighted by Gasteiger charge is 2.29. The fourth-order valence-electron chi connectivity index (χ4n) is 2.41. The fraction of sp³-hybridized carbons (Fsp3) is 0.294. The number of nitrogens with zero attached hydrogens (tertiary/aromatic N) is 1. The lowest BCUT2D eigenvalue weighted by molar-refractivity contribution is -0.387. The first kappa shape index (κ1) is 20.8. The largest absolute Gasteiger partial charge is 0.489 e. The van der Waals surface area contributed by atoms with Gasteiger partial charge in [0.15, 0.2) is 4.90 Å². The number of nitro benzene ring substituents is 1. The van der Waals surface area contributed by atoms with E-state index >= 15 is 0 Å². The molecule has 0 aliphatic rings. The Morgan fingerprint density at radius 1 is 1.19 bits per heavy atom. The van der Waals surface area contributed by atoms with Crippen LogP contribution >= 0.6 is 0 Å².